The lowest BCUT2D eigenvalue weighted by Gasteiger charge is -2.13. The molecule has 0 heterocycles. The van der Waals surface area contributed by atoms with E-state index in [0.717, 1.165) is 12.8 Å². The van der Waals surface area contributed by atoms with Crippen LogP contribution in [0, 0.1) is 0 Å². The van der Waals surface area contributed by atoms with E-state index in [1.807, 2.05) is 0 Å². The summed E-state index contributed by atoms with van der Waals surface area (Å²) < 4.78 is 4.63. The van der Waals surface area contributed by atoms with E-state index < -0.39 is 12.0 Å². The molecule has 0 aliphatic carbocycles. The first-order chi connectivity index (χ1) is 12.7. The predicted octanol–water partition coefficient (Wildman–Crippen LogP) is 5.45. The van der Waals surface area contributed by atoms with Gasteiger partial charge in [0.2, 0.25) is 5.91 Å². The van der Waals surface area contributed by atoms with Crippen LogP contribution >= 0.6 is 12.6 Å². The van der Waals surface area contributed by atoms with E-state index in [4.69, 9.17) is 0 Å². The molecule has 0 rings (SSSR count). The van der Waals surface area contributed by atoms with Crippen LogP contribution in [0.5, 0.6) is 0 Å². The molecule has 0 aromatic rings. The van der Waals surface area contributed by atoms with Gasteiger partial charge < -0.3 is 10.1 Å². The Morgan fingerprint density at radius 2 is 1.23 bits per heavy atom. The van der Waals surface area contributed by atoms with Gasteiger partial charge in [0.05, 0.1) is 7.11 Å². The monoisotopic (exact) mass is 387 g/mol. The molecule has 0 aliphatic heterocycles. The number of carbonyl (C=O) groups is 2. The summed E-state index contributed by atoms with van der Waals surface area (Å²) in [5.74, 6) is -0.264. The van der Waals surface area contributed by atoms with E-state index in [1.165, 1.54) is 84.2 Å². The van der Waals surface area contributed by atoms with E-state index in [2.05, 4.69) is 29.6 Å². The zero-order valence-corrected chi connectivity index (χ0v) is 18.0. The fourth-order valence-corrected chi connectivity index (χ4v) is 3.31. The zero-order valence-electron chi connectivity index (χ0n) is 17.1. The lowest BCUT2D eigenvalue weighted by atomic mass is 10.0. The Labute approximate surface area is 166 Å². The zero-order chi connectivity index (χ0) is 19.5. The van der Waals surface area contributed by atoms with Gasteiger partial charge >= 0.3 is 5.97 Å². The number of esters is 1. The van der Waals surface area contributed by atoms with Crippen LogP contribution in [0.1, 0.15) is 103 Å². The molecule has 1 atom stereocenters. The van der Waals surface area contributed by atoms with E-state index in [0.29, 0.717) is 6.42 Å². The molecule has 0 spiro atoms. The van der Waals surface area contributed by atoms with E-state index >= 15 is 0 Å². The van der Waals surface area contributed by atoms with E-state index in [-0.39, 0.29) is 11.7 Å². The quantitative estimate of drug-likeness (QED) is 0.187. The van der Waals surface area contributed by atoms with Crippen molar-refractivity contribution in [2.45, 2.75) is 109 Å². The Bertz CT molecular complexity index is 350. The highest BCUT2D eigenvalue weighted by Gasteiger charge is 2.19. The number of thiol groups is 1. The average Bonchev–Trinajstić information content (AvgIpc) is 2.65. The number of hydrogen-bond acceptors (Lipinski definition) is 4. The van der Waals surface area contributed by atoms with Gasteiger partial charge in [-0.25, -0.2) is 4.79 Å². The molecule has 0 fully saturated rings. The summed E-state index contributed by atoms with van der Waals surface area (Å²) in [4.78, 5) is 23.2. The second-order valence-corrected chi connectivity index (χ2v) is 7.54. The van der Waals surface area contributed by atoms with Gasteiger partial charge in [-0.2, -0.15) is 12.6 Å². The Balaban J connectivity index is 3.35. The molecule has 0 bridgehead atoms. The molecule has 0 aromatic heterocycles. The summed E-state index contributed by atoms with van der Waals surface area (Å²) in [6.45, 7) is 2.26. The highest BCUT2D eigenvalue weighted by Crippen LogP contribution is 2.13. The first-order valence-corrected chi connectivity index (χ1v) is 11.3. The number of rotatable bonds is 18. The average molecular weight is 388 g/mol. The normalized spacial score (nSPS) is 12.0. The maximum absolute atomic E-state index is 11.8. The van der Waals surface area contributed by atoms with Gasteiger partial charge in [-0.1, -0.05) is 90.4 Å². The van der Waals surface area contributed by atoms with Crippen molar-refractivity contribution < 1.29 is 14.3 Å². The van der Waals surface area contributed by atoms with Crippen molar-refractivity contribution in [3.63, 3.8) is 0 Å². The van der Waals surface area contributed by atoms with Crippen LogP contribution in [0.25, 0.3) is 0 Å². The summed E-state index contributed by atoms with van der Waals surface area (Å²) in [6.07, 6.45) is 18.6. The molecular formula is C21H41NO3S. The van der Waals surface area contributed by atoms with E-state index in [1.54, 1.807) is 0 Å². The van der Waals surface area contributed by atoms with Crippen molar-refractivity contribution in [3.8, 4) is 0 Å². The second kappa shape index (κ2) is 19.1. The first kappa shape index (κ1) is 25.3. The maximum Gasteiger partial charge on any atom is 0.329 e. The predicted molar refractivity (Wildman–Crippen MR) is 113 cm³/mol. The van der Waals surface area contributed by atoms with Crippen molar-refractivity contribution >= 4 is 24.5 Å². The van der Waals surface area contributed by atoms with Gasteiger partial charge in [-0.3, -0.25) is 4.79 Å². The fraction of sp³-hybridized carbons (Fsp3) is 0.905. The minimum absolute atomic E-state index is 0.0895. The number of methoxy groups -OCH3 is 1. The molecule has 1 unspecified atom stereocenters. The summed E-state index contributed by atoms with van der Waals surface area (Å²) >= 11 is 4.07. The Kier molecular flexibility index (Phi) is 18.5. The Hall–Kier alpha value is -0.710. The highest BCUT2D eigenvalue weighted by molar-refractivity contribution is 7.80. The smallest absolute Gasteiger partial charge is 0.329 e. The molecular weight excluding hydrogens is 346 g/mol. The molecule has 26 heavy (non-hydrogen) atoms. The minimum atomic E-state index is -0.637. The van der Waals surface area contributed by atoms with Crippen molar-refractivity contribution in [2.75, 3.05) is 12.9 Å². The summed E-state index contributed by atoms with van der Waals surface area (Å²) in [7, 11) is 1.32. The van der Waals surface area contributed by atoms with Gasteiger partial charge in [0.25, 0.3) is 0 Å². The van der Waals surface area contributed by atoms with Crippen molar-refractivity contribution in [2.24, 2.45) is 0 Å². The van der Waals surface area contributed by atoms with Crippen molar-refractivity contribution in [1.82, 2.24) is 5.32 Å². The number of amides is 1. The topological polar surface area (TPSA) is 55.4 Å². The molecule has 154 valence electrons. The first-order valence-electron chi connectivity index (χ1n) is 10.6. The summed E-state index contributed by atoms with van der Waals surface area (Å²) in [6, 6.07) is -0.637. The molecule has 5 heteroatoms. The van der Waals surface area contributed by atoms with Crippen molar-refractivity contribution in [1.29, 1.82) is 0 Å². The third-order valence-electron chi connectivity index (χ3n) is 4.76. The highest BCUT2D eigenvalue weighted by atomic mass is 32.1. The van der Waals surface area contributed by atoms with Crippen molar-refractivity contribution in [3.05, 3.63) is 0 Å². The lowest BCUT2D eigenvalue weighted by molar-refractivity contribution is -0.144. The van der Waals surface area contributed by atoms with Crippen LogP contribution in [0.2, 0.25) is 0 Å². The van der Waals surface area contributed by atoms with Gasteiger partial charge in [-0.15, -0.1) is 0 Å². The van der Waals surface area contributed by atoms with Gasteiger partial charge in [0.15, 0.2) is 0 Å². The molecule has 1 N–H and O–H groups in total. The molecule has 1 amide bonds. The largest absolute Gasteiger partial charge is 0.467 e. The second-order valence-electron chi connectivity index (χ2n) is 7.17. The SMILES string of the molecule is CCCCCCCCCCCCCCCCC(=O)NC(CS)C(=O)OC. The summed E-state index contributed by atoms with van der Waals surface area (Å²) in [5, 5.41) is 2.67. The van der Waals surface area contributed by atoms with Gasteiger partial charge in [0, 0.05) is 12.2 Å². The van der Waals surface area contributed by atoms with Crippen LogP contribution < -0.4 is 5.32 Å². The Morgan fingerprint density at radius 1 is 0.808 bits per heavy atom. The van der Waals surface area contributed by atoms with Crippen LogP contribution in [-0.2, 0) is 14.3 Å². The molecule has 0 saturated carbocycles. The van der Waals surface area contributed by atoms with Crippen LogP contribution in [0.15, 0.2) is 0 Å². The fourth-order valence-electron chi connectivity index (χ4n) is 3.07. The molecule has 0 saturated heterocycles. The van der Waals surface area contributed by atoms with Gasteiger partial charge in [0.1, 0.15) is 6.04 Å². The summed E-state index contributed by atoms with van der Waals surface area (Å²) in [5.41, 5.74) is 0. The maximum atomic E-state index is 11.8. The van der Waals surface area contributed by atoms with Crippen LogP contribution in [0.4, 0.5) is 0 Å². The van der Waals surface area contributed by atoms with E-state index in [9.17, 15) is 9.59 Å². The van der Waals surface area contributed by atoms with Crippen LogP contribution in [-0.4, -0.2) is 30.8 Å². The minimum Gasteiger partial charge on any atom is -0.467 e. The molecule has 0 aromatic carbocycles. The Morgan fingerprint density at radius 3 is 1.62 bits per heavy atom. The third kappa shape index (κ3) is 15.5. The molecule has 0 radical (unpaired) electrons. The standard InChI is InChI=1S/C21H41NO3S/c1-3-4-5-6-7-8-9-10-11-12-13-14-15-16-17-20(23)22-19(18-26)21(24)25-2/h19,26H,3-18H2,1-2H3,(H,22,23). The van der Waals surface area contributed by atoms with Gasteiger partial charge in [-0.05, 0) is 6.42 Å². The number of nitrogens with one attached hydrogen (secondary N) is 1. The number of hydrogen-bond donors (Lipinski definition) is 2. The number of ether oxygens (including phenoxy) is 1. The number of carbonyl (C=O) groups excluding carboxylic acids is 2. The molecule has 4 nitrogen and oxygen atoms in total. The number of unbranched alkanes of at least 4 members (excludes halogenated alkanes) is 13. The van der Waals surface area contributed by atoms with Crippen LogP contribution in [0.3, 0.4) is 0 Å². The third-order valence-corrected chi connectivity index (χ3v) is 5.13. The molecule has 0 aliphatic rings. The lowest BCUT2D eigenvalue weighted by Crippen LogP contribution is -2.42.